The van der Waals surface area contributed by atoms with Crippen LogP contribution in [0.3, 0.4) is 0 Å². The van der Waals surface area contributed by atoms with Crippen molar-refractivity contribution in [3.63, 3.8) is 0 Å². The minimum Gasteiger partial charge on any atom is -0.385 e. The van der Waals surface area contributed by atoms with E-state index in [2.05, 4.69) is 49.1 Å². The summed E-state index contributed by atoms with van der Waals surface area (Å²) in [7, 11) is 0. The van der Waals surface area contributed by atoms with Crippen LogP contribution in [0, 0.1) is 6.92 Å². The van der Waals surface area contributed by atoms with Gasteiger partial charge in [0.1, 0.15) is 0 Å². The summed E-state index contributed by atoms with van der Waals surface area (Å²) in [6, 6.07) is 8.41. The van der Waals surface area contributed by atoms with Gasteiger partial charge in [0.2, 0.25) is 0 Å². The van der Waals surface area contributed by atoms with Crippen molar-refractivity contribution in [3.05, 3.63) is 29.8 Å². The smallest absolute Gasteiger partial charge is 0.0342 e. The van der Waals surface area contributed by atoms with Crippen LogP contribution in [0.2, 0.25) is 0 Å². The third-order valence-corrected chi connectivity index (χ3v) is 2.00. The summed E-state index contributed by atoms with van der Waals surface area (Å²) >= 11 is 4.15. The van der Waals surface area contributed by atoms with Crippen LogP contribution in [0.4, 0.5) is 5.69 Å². The molecular weight excluding hydrogens is 166 g/mol. The first-order valence-electron chi connectivity index (χ1n) is 4.24. The van der Waals surface area contributed by atoms with Gasteiger partial charge in [-0.15, -0.1) is 0 Å². The molecule has 0 aliphatic heterocycles. The number of benzene rings is 1. The highest BCUT2D eigenvalue weighted by atomic mass is 32.1. The summed E-state index contributed by atoms with van der Waals surface area (Å²) in [5.74, 6) is 0.943. The van der Waals surface area contributed by atoms with Crippen molar-refractivity contribution in [1.82, 2.24) is 0 Å². The van der Waals surface area contributed by atoms with Crippen molar-refractivity contribution < 1.29 is 0 Å². The first kappa shape index (κ1) is 9.46. The highest BCUT2D eigenvalue weighted by Crippen LogP contribution is 2.08. The average Bonchev–Trinajstić information content (AvgIpc) is 2.05. The second-order valence-corrected chi connectivity index (χ2v) is 3.32. The Morgan fingerprint density at radius 2 is 2.25 bits per heavy atom. The molecule has 1 rings (SSSR count). The first-order chi connectivity index (χ1) is 5.83. The van der Waals surface area contributed by atoms with E-state index in [-0.39, 0.29) is 0 Å². The third kappa shape index (κ3) is 3.18. The van der Waals surface area contributed by atoms with Gasteiger partial charge in [-0.3, -0.25) is 0 Å². The zero-order chi connectivity index (χ0) is 8.81. The Kier molecular flexibility index (Phi) is 4.01. The van der Waals surface area contributed by atoms with Gasteiger partial charge in [-0.1, -0.05) is 12.1 Å². The van der Waals surface area contributed by atoms with Gasteiger partial charge < -0.3 is 5.32 Å². The van der Waals surface area contributed by atoms with E-state index in [0.717, 1.165) is 18.7 Å². The highest BCUT2D eigenvalue weighted by molar-refractivity contribution is 7.80. The zero-order valence-corrected chi connectivity index (χ0v) is 8.27. The van der Waals surface area contributed by atoms with Crippen LogP contribution in [0.5, 0.6) is 0 Å². The molecule has 0 saturated carbocycles. The van der Waals surface area contributed by atoms with Gasteiger partial charge in [0, 0.05) is 12.2 Å². The first-order valence-corrected chi connectivity index (χ1v) is 4.87. The van der Waals surface area contributed by atoms with E-state index >= 15 is 0 Å². The topological polar surface area (TPSA) is 12.0 Å². The second-order valence-electron chi connectivity index (χ2n) is 2.87. The lowest BCUT2D eigenvalue weighted by Gasteiger charge is -2.05. The van der Waals surface area contributed by atoms with Gasteiger partial charge >= 0.3 is 0 Å². The van der Waals surface area contributed by atoms with Crippen molar-refractivity contribution in [2.45, 2.75) is 13.3 Å². The van der Waals surface area contributed by atoms with Crippen LogP contribution >= 0.6 is 12.6 Å². The SMILES string of the molecule is Cc1cccc(NCCCS)c1. The quantitative estimate of drug-likeness (QED) is 0.537. The molecule has 0 aromatic heterocycles. The molecule has 1 N–H and O–H groups in total. The summed E-state index contributed by atoms with van der Waals surface area (Å²) in [6.07, 6.45) is 1.11. The van der Waals surface area contributed by atoms with Gasteiger partial charge in [-0.05, 0) is 36.8 Å². The van der Waals surface area contributed by atoms with Crippen molar-refractivity contribution in [2.75, 3.05) is 17.6 Å². The molecule has 0 fully saturated rings. The molecule has 0 aliphatic carbocycles. The van der Waals surface area contributed by atoms with E-state index in [4.69, 9.17) is 0 Å². The van der Waals surface area contributed by atoms with E-state index in [0.29, 0.717) is 0 Å². The lowest BCUT2D eigenvalue weighted by molar-refractivity contribution is 0.995. The van der Waals surface area contributed by atoms with Gasteiger partial charge in [0.25, 0.3) is 0 Å². The third-order valence-electron chi connectivity index (χ3n) is 1.68. The molecule has 0 saturated heterocycles. The van der Waals surface area contributed by atoms with Crippen LogP contribution in [0.1, 0.15) is 12.0 Å². The molecule has 0 spiro atoms. The molecule has 2 heteroatoms. The van der Waals surface area contributed by atoms with Crippen molar-refractivity contribution in [2.24, 2.45) is 0 Å². The standard InChI is InChI=1S/C10H15NS/c1-9-4-2-5-10(8-9)11-6-3-7-12/h2,4-5,8,11-12H,3,6-7H2,1H3. The molecule has 1 nitrogen and oxygen atoms in total. The van der Waals surface area contributed by atoms with Crippen LogP contribution in [0.15, 0.2) is 24.3 Å². The largest absolute Gasteiger partial charge is 0.385 e. The summed E-state index contributed by atoms with van der Waals surface area (Å²) in [6.45, 7) is 3.11. The molecule has 0 aliphatic rings. The summed E-state index contributed by atoms with van der Waals surface area (Å²) in [4.78, 5) is 0. The van der Waals surface area contributed by atoms with E-state index < -0.39 is 0 Å². The number of thiol groups is 1. The average molecular weight is 181 g/mol. The fourth-order valence-electron chi connectivity index (χ4n) is 1.07. The van der Waals surface area contributed by atoms with Gasteiger partial charge in [-0.25, -0.2) is 0 Å². The van der Waals surface area contributed by atoms with Gasteiger partial charge in [0.05, 0.1) is 0 Å². The number of nitrogens with one attached hydrogen (secondary N) is 1. The monoisotopic (exact) mass is 181 g/mol. The van der Waals surface area contributed by atoms with E-state index in [1.807, 2.05) is 0 Å². The second kappa shape index (κ2) is 5.09. The van der Waals surface area contributed by atoms with Crippen LogP contribution in [-0.4, -0.2) is 12.3 Å². The van der Waals surface area contributed by atoms with Crippen molar-refractivity contribution >= 4 is 18.3 Å². The molecule has 0 bridgehead atoms. The van der Waals surface area contributed by atoms with Crippen molar-refractivity contribution in [3.8, 4) is 0 Å². The number of rotatable bonds is 4. The van der Waals surface area contributed by atoms with Crippen LogP contribution < -0.4 is 5.32 Å². The predicted octanol–water partition coefficient (Wildman–Crippen LogP) is 2.73. The zero-order valence-electron chi connectivity index (χ0n) is 7.38. The lowest BCUT2D eigenvalue weighted by Crippen LogP contribution is -2.01. The Morgan fingerprint density at radius 3 is 2.92 bits per heavy atom. The Labute approximate surface area is 79.6 Å². The number of hydrogen-bond donors (Lipinski definition) is 2. The minimum atomic E-state index is 0.943. The van der Waals surface area contributed by atoms with E-state index in [1.54, 1.807) is 0 Å². The molecule has 66 valence electrons. The molecule has 0 radical (unpaired) electrons. The van der Waals surface area contributed by atoms with Gasteiger partial charge in [-0.2, -0.15) is 12.6 Å². The van der Waals surface area contributed by atoms with Gasteiger partial charge in [0.15, 0.2) is 0 Å². The number of anilines is 1. The lowest BCUT2D eigenvalue weighted by atomic mass is 10.2. The summed E-state index contributed by atoms with van der Waals surface area (Å²) in [5, 5.41) is 3.34. The predicted molar refractivity (Wildman–Crippen MR) is 58.1 cm³/mol. The fourth-order valence-corrected chi connectivity index (χ4v) is 1.22. The maximum atomic E-state index is 4.15. The Hall–Kier alpha value is -0.630. The normalized spacial score (nSPS) is 9.83. The minimum absolute atomic E-state index is 0.943. The molecular formula is C10H15NS. The highest BCUT2D eigenvalue weighted by Gasteiger charge is 1.90. The van der Waals surface area contributed by atoms with E-state index in [9.17, 15) is 0 Å². The molecule has 1 aromatic carbocycles. The molecule has 1 aromatic rings. The van der Waals surface area contributed by atoms with Crippen LogP contribution in [0.25, 0.3) is 0 Å². The molecule has 12 heavy (non-hydrogen) atoms. The van der Waals surface area contributed by atoms with Crippen molar-refractivity contribution in [1.29, 1.82) is 0 Å². The molecule has 0 atom stereocenters. The molecule has 0 heterocycles. The maximum Gasteiger partial charge on any atom is 0.0342 e. The molecule has 0 unspecified atom stereocenters. The van der Waals surface area contributed by atoms with Crippen LogP contribution in [-0.2, 0) is 0 Å². The Bertz CT molecular complexity index is 235. The summed E-state index contributed by atoms with van der Waals surface area (Å²) < 4.78 is 0. The Morgan fingerprint density at radius 1 is 1.42 bits per heavy atom. The summed E-state index contributed by atoms with van der Waals surface area (Å²) in [5.41, 5.74) is 2.50. The number of aryl methyl sites for hydroxylation is 1. The Balaban J connectivity index is 2.41. The maximum absolute atomic E-state index is 4.15. The number of hydrogen-bond acceptors (Lipinski definition) is 2. The molecule has 0 amide bonds. The fraction of sp³-hybridized carbons (Fsp3) is 0.400. The van der Waals surface area contributed by atoms with E-state index in [1.165, 1.54) is 11.3 Å².